The molecule has 2 aliphatic rings. The zero-order chi connectivity index (χ0) is 18.3. The van der Waals surface area contributed by atoms with Crippen molar-refractivity contribution in [1.82, 2.24) is 4.90 Å². The lowest BCUT2D eigenvalue weighted by Gasteiger charge is -2.42. The molecule has 5 nitrogen and oxygen atoms in total. The lowest BCUT2D eigenvalue weighted by Crippen LogP contribution is -2.39. The average molecular weight is 355 g/mol. The molecular weight excluding hydrogens is 330 g/mol. The van der Waals surface area contributed by atoms with Crippen LogP contribution in [0.5, 0.6) is 17.2 Å². The van der Waals surface area contributed by atoms with Crippen molar-refractivity contribution < 1.29 is 19.3 Å². The Labute approximate surface area is 154 Å². The highest BCUT2D eigenvalue weighted by Crippen LogP contribution is 2.44. The van der Waals surface area contributed by atoms with Crippen LogP contribution in [0.15, 0.2) is 24.3 Å². The van der Waals surface area contributed by atoms with E-state index in [0.717, 1.165) is 48.7 Å². The molecule has 1 atom stereocenters. The summed E-state index contributed by atoms with van der Waals surface area (Å²) < 4.78 is 16.6. The third-order valence-corrected chi connectivity index (χ3v) is 5.70. The Morgan fingerprint density at radius 2 is 1.85 bits per heavy atom. The summed E-state index contributed by atoms with van der Waals surface area (Å²) >= 11 is 0. The molecule has 2 aromatic rings. The standard InChI is InChI=1S/C21H25NO4/c1-24-19-5-4-13-9-18-16-8-15(12-23)20(25-2)10-14(16)6-7-22(18)11-17(13)21(19)26-3/h4-5,8,10,18,23H,6-7,9,11-12H2,1-3H3/t18-/m0/s1. The normalized spacial score (nSPS) is 18.5. The van der Waals surface area contributed by atoms with Crippen molar-refractivity contribution in [2.24, 2.45) is 0 Å². The molecule has 0 radical (unpaired) electrons. The van der Waals surface area contributed by atoms with Crippen molar-refractivity contribution in [1.29, 1.82) is 0 Å². The fraction of sp³-hybridized carbons (Fsp3) is 0.429. The van der Waals surface area contributed by atoms with Gasteiger partial charge in [0.15, 0.2) is 11.5 Å². The average Bonchev–Trinajstić information content (AvgIpc) is 2.70. The topological polar surface area (TPSA) is 51.2 Å². The third kappa shape index (κ3) is 2.63. The van der Waals surface area contributed by atoms with E-state index in [1.807, 2.05) is 6.07 Å². The first-order chi connectivity index (χ1) is 12.7. The Balaban J connectivity index is 1.76. The molecule has 2 aromatic carbocycles. The van der Waals surface area contributed by atoms with Crippen LogP contribution in [0, 0.1) is 0 Å². The molecular formula is C21H25NO4. The number of ether oxygens (including phenoxy) is 3. The SMILES string of the molecule is COc1cc2c(cc1CO)[C@@H]1Cc3ccc(OC)c(OC)c3CN1CC2. The van der Waals surface area contributed by atoms with Gasteiger partial charge < -0.3 is 19.3 Å². The Hall–Kier alpha value is -2.24. The Morgan fingerprint density at radius 3 is 2.54 bits per heavy atom. The zero-order valence-corrected chi connectivity index (χ0v) is 15.5. The molecule has 0 saturated heterocycles. The van der Waals surface area contributed by atoms with Crippen molar-refractivity contribution in [2.45, 2.75) is 32.0 Å². The number of aliphatic hydroxyl groups is 1. The molecule has 1 N–H and O–H groups in total. The zero-order valence-electron chi connectivity index (χ0n) is 15.5. The molecule has 0 aromatic heterocycles. The predicted molar refractivity (Wildman–Crippen MR) is 99.0 cm³/mol. The van der Waals surface area contributed by atoms with E-state index in [9.17, 15) is 5.11 Å². The van der Waals surface area contributed by atoms with Crippen LogP contribution in [0.3, 0.4) is 0 Å². The van der Waals surface area contributed by atoms with E-state index in [0.29, 0.717) is 6.04 Å². The van der Waals surface area contributed by atoms with Crippen molar-refractivity contribution in [3.8, 4) is 17.2 Å². The van der Waals surface area contributed by atoms with E-state index < -0.39 is 0 Å². The number of rotatable bonds is 4. The lowest BCUT2D eigenvalue weighted by molar-refractivity contribution is 0.157. The summed E-state index contributed by atoms with van der Waals surface area (Å²) in [5.41, 5.74) is 6.01. The van der Waals surface area contributed by atoms with E-state index >= 15 is 0 Å². The fourth-order valence-corrected chi connectivity index (χ4v) is 4.38. The van der Waals surface area contributed by atoms with Gasteiger partial charge in [-0.2, -0.15) is 0 Å². The summed E-state index contributed by atoms with van der Waals surface area (Å²) in [6.45, 7) is 1.84. The maximum Gasteiger partial charge on any atom is 0.165 e. The highest BCUT2D eigenvalue weighted by molar-refractivity contribution is 5.53. The maximum absolute atomic E-state index is 9.71. The predicted octanol–water partition coefficient (Wildman–Crippen LogP) is 2.86. The number of hydrogen-bond acceptors (Lipinski definition) is 5. The highest BCUT2D eigenvalue weighted by atomic mass is 16.5. The summed E-state index contributed by atoms with van der Waals surface area (Å²) in [5, 5.41) is 9.71. The summed E-state index contributed by atoms with van der Waals surface area (Å²) in [4.78, 5) is 2.50. The minimum atomic E-state index is -0.00914. The van der Waals surface area contributed by atoms with Gasteiger partial charge in [-0.15, -0.1) is 0 Å². The Kier molecular flexibility index (Phi) is 4.51. The lowest BCUT2D eigenvalue weighted by atomic mass is 9.83. The van der Waals surface area contributed by atoms with E-state index in [4.69, 9.17) is 14.2 Å². The first-order valence-corrected chi connectivity index (χ1v) is 8.97. The monoisotopic (exact) mass is 355 g/mol. The van der Waals surface area contributed by atoms with Gasteiger partial charge in [0.1, 0.15) is 5.75 Å². The minimum absolute atomic E-state index is 0.00914. The van der Waals surface area contributed by atoms with Crippen LogP contribution in [-0.2, 0) is 26.0 Å². The molecule has 4 rings (SSSR count). The first-order valence-electron chi connectivity index (χ1n) is 8.97. The second-order valence-corrected chi connectivity index (χ2v) is 6.90. The van der Waals surface area contributed by atoms with Gasteiger partial charge in [0.2, 0.25) is 0 Å². The van der Waals surface area contributed by atoms with Crippen LogP contribution < -0.4 is 14.2 Å². The summed E-state index contributed by atoms with van der Waals surface area (Å²) in [5.74, 6) is 2.41. The summed E-state index contributed by atoms with van der Waals surface area (Å²) in [6.07, 6.45) is 1.91. The molecule has 0 bridgehead atoms. The number of aliphatic hydroxyl groups excluding tert-OH is 1. The molecule has 0 unspecified atom stereocenters. The molecule has 0 saturated carbocycles. The molecule has 0 amide bonds. The Bertz CT molecular complexity index is 833. The van der Waals surface area contributed by atoms with Gasteiger partial charge in [-0.25, -0.2) is 0 Å². The third-order valence-electron chi connectivity index (χ3n) is 5.70. The molecule has 2 heterocycles. The smallest absolute Gasteiger partial charge is 0.165 e. The van der Waals surface area contributed by atoms with E-state index in [1.165, 1.54) is 22.3 Å². The number of hydrogen-bond donors (Lipinski definition) is 1. The van der Waals surface area contributed by atoms with Crippen LogP contribution >= 0.6 is 0 Å². The van der Waals surface area contributed by atoms with Crippen molar-refractivity contribution in [2.75, 3.05) is 27.9 Å². The van der Waals surface area contributed by atoms with Crippen LogP contribution in [0.2, 0.25) is 0 Å². The molecule has 5 heteroatoms. The molecule has 0 fully saturated rings. The van der Waals surface area contributed by atoms with E-state index in [1.54, 1.807) is 21.3 Å². The number of methoxy groups -OCH3 is 3. The van der Waals surface area contributed by atoms with Gasteiger partial charge in [0.05, 0.1) is 27.9 Å². The van der Waals surface area contributed by atoms with Gasteiger partial charge in [-0.3, -0.25) is 4.90 Å². The van der Waals surface area contributed by atoms with Crippen LogP contribution in [0.25, 0.3) is 0 Å². The fourth-order valence-electron chi connectivity index (χ4n) is 4.38. The second kappa shape index (κ2) is 6.82. The molecule has 2 aliphatic heterocycles. The molecule has 0 spiro atoms. The van der Waals surface area contributed by atoms with Crippen molar-refractivity contribution in [3.63, 3.8) is 0 Å². The van der Waals surface area contributed by atoms with Crippen molar-refractivity contribution >= 4 is 0 Å². The van der Waals surface area contributed by atoms with Gasteiger partial charge in [-0.1, -0.05) is 6.07 Å². The van der Waals surface area contributed by atoms with E-state index in [-0.39, 0.29) is 6.61 Å². The molecule has 0 aliphatic carbocycles. The maximum atomic E-state index is 9.71. The molecule has 26 heavy (non-hydrogen) atoms. The summed E-state index contributed by atoms with van der Waals surface area (Å²) in [7, 11) is 5.04. The quantitative estimate of drug-likeness (QED) is 0.914. The van der Waals surface area contributed by atoms with Gasteiger partial charge in [0.25, 0.3) is 0 Å². The van der Waals surface area contributed by atoms with Gasteiger partial charge in [-0.05, 0) is 47.7 Å². The van der Waals surface area contributed by atoms with Crippen LogP contribution in [-0.4, -0.2) is 37.9 Å². The van der Waals surface area contributed by atoms with Gasteiger partial charge in [0, 0.05) is 30.3 Å². The number of fused-ring (bicyclic) bond motifs is 4. The number of nitrogens with zero attached hydrogens (tertiary/aromatic N) is 1. The minimum Gasteiger partial charge on any atom is -0.496 e. The number of benzene rings is 2. The largest absolute Gasteiger partial charge is 0.496 e. The molecule has 138 valence electrons. The second-order valence-electron chi connectivity index (χ2n) is 6.90. The van der Waals surface area contributed by atoms with Gasteiger partial charge >= 0.3 is 0 Å². The first kappa shape index (κ1) is 17.2. The highest BCUT2D eigenvalue weighted by Gasteiger charge is 2.34. The van der Waals surface area contributed by atoms with Crippen LogP contribution in [0.1, 0.15) is 33.9 Å². The van der Waals surface area contributed by atoms with Crippen molar-refractivity contribution in [3.05, 3.63) is 52.1 Å². The Morgan fingerprint density at radius 1 is 1.04 bits per heavy atom. The van der Waals surface area contributed by atoms with E-state index in [2.05, 4.69) is 23.1 Å². The summed E-state index contributed by atoms with van der Waals surface area (Å²) in [6, 6.07) is 8.68. The van der Waals surface area contributed by atoms with Crippen LogP contribution in [0.4, 0.5) is 0 Å².